The summed E-state index contributed by atoms with van der Waals surface area (Å²) in [5, 5.41) is 4.87. The van der Waals surface area contributed by atoms with Crippen molar-refractivity contribution in [1.82, 2.24) is 9.88 Å². The van der Waals surface area contributed by atoms with Crippen molar-refractivity contribution in [3.8, 4) is 0 Å². The predicted octanol–water partition coefficient (Wildman–Crippen LogP) is 3.21. The first-order valence-electron chi connectivity index (χ1n) is 8.75. The monoisotopic (exact) mass is 399 g/mol. The molecule has 0 unspecified atom stereocenters. The van der Waals surface area contributed by atoms with Crippen LogP contribution < -0.4 is 5.32 Å². The number of amides is 2. The Kier molecular flexibility index (Phi) is 6.94. The van der Waals surface area contributed by atoms with Gasteiger partial charge >= 0.3 is 0 Å². The molecule has 0 aliphatic carbocycles. The van der Waals surface area contributed by atoms with Crippen molar-refractivity contribution in [2.75, 3.05) is 25.6 Å². The summed E-state index contributed by atoms with van der Waals surface area (Å²) in [4.78, 5) is 30.9. The van der Waals surface area contributed by atoms with E-state index in [4.69, 9.17) is 9.15 Å². The van der Waals surface area contributed by atoms with E-state index in [1.54, 1.807) is 29.5 Å². The third kappa shape index (κ3) is 5.51. The van der Waals surface area contributed by atoms with Gasteiger partial charge in [0.25, 0.3) is 5.91 Å². The van der Waals surface area contributed by atoms with Crippen LogP contribution >= 0.6 is 11.3 Å². The number of anilines is 1. The Labute approximate surface area is 167 Å². The third-order valence-corrected chi connectivity index (χ3v) is 4.79. The molecule has 1 aromatic carbocycles. The summed E-state index contributed by atoms with van der Waals surface area (Å²) in [6.07, 6.45) is 1.59. The lowest BCUT2D eigenvalue weighted by Gasteiger charge is -2.22. The highest BCUT2D eigenvalue weighted by molar-refractivity contribution is 7.14. The fourth-order valence-corrected chi connectivity index (χ4v) is 3.28. The molecule has 0 aliphatic heterocycles. The Morgan fingerprint density at radius 2 is 2.04 bits per heavy atom. The highest BCUT2D eigenvalue weighted by atomic mass is 32.1. The molecule has 0 saturated carbocycles. The van der Waals surface area contributed by atoms with Crippen molar-refractivity contribution in [3.63, 3.8) is 0 Å². The van der Waals surface area contributed by atoms with E-state index in [9.17, 15) is 9.59 Å². The summed E-state index contributed by atoms with van der Waals surface area (Å²) in [6.45, 7) is 1.46. The average Bonchev–Trinajstić information content (AvgIpc) is 3.38. The van der Waals surface area contributed by atoms with Gasteiger partial charge in [0.2, 0.25) is 5.91 Å². The topological polar surface area (TPSA) is 84.7 Å². The summed E-state index contributed by atoms with van der Waals surface area (Å²) < 4.78 is 10.2. The molecule has 0 bridgehead atoms. The van der Waals surface area contributed by atoms with Gasteiger partial charge in [-0.05, 0) is 17.7 Å². The number of aromatic nitrogens is 1. The number of rotatable bonds is 9. The minimum Gasteiger partial charge on any atom is -0.459 e. The van der Waals surface area contributed by atoms with Crippen molar-refractivity contribution in [2.24, 2.45) is 0 Å². The van der Waals surface area contributed by atoms with Crippen LogP contribution in [0.2, 0.25) is 0 Å². The first-order chi connectivity index (χ1) is 13.7. The molecule has 2 amide bonds. The van der Waals surface area contributed by atoms with Gasteiger partial charge in [0, 0.05) is 25.6 Å². The summed E-state index contributed by atoms with van der Waals surface area (Å²) >= 11 is 1.27. The Morgan fingerprint density at radius 3 is 2.75 bits per heavy atom. The molecule has 1 N–H and O–H groups in total. The third-order valence-electron chi connectivity index (χ3n) is 3.98. The summed E-state index contributed by atoms with van der Waals surface area (Å²) in [6, 6.07) is 13.0. The number of hydrogen-bond acceptors (Lipinski definition) is 6. The molecular weight excluding hydrogens is 378 g/mol. The Bertz CT molecular complexity index is 893. The van der Waals surface area contributed by atoms with Crippen molar-refractivity contribution in [2.45, 2.75) is 13.0 Å². The Hall–Kier alpha value is -2.97. The van der Waals surface area contributed by atoms with E-state index in [1.807, 2.05) is 30.3 Å². The van der Waals surface area contributed by atoms with E-state index in [0.29, 0.717) is 30.5 Å². The second kappa shape index (κ2) is 9.82. The summed E-state index contributed by atoms with van der Waals surface area (Å²) in [5.41, 5.74) is 1.66. The van der Waals surface area contributed by atoms with Crippen molar-refractivity contribution >= 4 is 28.3 Å². The number of carbonyl (C=O) groups excluding carboxylic acids is 2. The molecular formula is C20H21N3O4S. The zero-order chi connectivity index (χ0) is 19.8. The fourth-order valence-electron chi connectivity index (χ4n) is 2.58. The lowest BCUT2D eigenvalue weighted by molar-refractivity contribution is -0.131. The molecule has 28 heavy (non-hydrogen) atoms. The predicted molar refractivity (Wildman–Crippen MR) is 106 cm³/mol. The number of hydrogen-bond donors (Lipinski definition) is 1. The maximum Gasteiger partial charge on any atom is 0.293 e. The number of nitrogens with zero attached hydrogens (tertiary/aromatic N) is 2. The molecule has 3 rings (SSSR count). The van der Waals surface area contributed by atoms with Gasteiger partial charge in [0.15, 0.2) is 10.9 Å². The highest BCUT2D eigenvalue weighted by Gasteiger charge is 2.17. The second-order valence-corrected chi connectivity index (χ2v) is 6.90. The van der Waals surface area contributed by atoms with Gasteiger partial charge in [-0.2, -0.15) is 0 Å². The van der Waals surface area contributed by atoms with Gasteiger partial charge in [-0.15, -0.1) is 11.3 Å². The quantitative estimate of drug-likeness (QED) is 0.597. The van der Waals surface area contributed by atoms with E-state index in [1.165, 1.54) is 17.6 Å². The maximum absolute atomic E-state index is 12.8. The largest absolute Gasteiger partial charge is 0.459 e. The number of methoxy groups -OCH3 is 1. The summed E-state index contributed by atoms with van der Waals surface area (Å²) in [7, 11) is 1.61. The van der Waals surface area contributed by atoms with Gasteiger partial charge in [-0.3, -0.25) is 14.9 Å². The first-order valence-corrected chi connectivity index (χ1v) is 9.63. The van der Waals surface area contributed by atoms with E-state index in [2.05, 4.69) is 10.3 Å². The number of ether oxygens (including phenoxy) is 1. The Morgan fingerprint density at radius 1 is 1.21 bits per heavy atom. The number of benzene rings is 1. The lowest BCUT2D eigenvalue weighted by Crippen LogP contribution is -2.34. The standard InChI is InChI=1S/C20H21N3O4S/c1-26-11-9-23(13-15-6-3-2-4-7-15)18(24)12-16-14-28-20(21-16)22-19(25)17-8-5-10-27-17/h2-8,10,14H,9,11-13H2,1H3,(H,21,22,25). The van der Waals surface area contributed by atoms with E-state index >= 15 is 0 Å². The lowest BCUT2D eigenvalue weighted by atomic mass is 10.2. The molecule has 2 heterocycles. The van der Waals surface area contributed by atoms with Crippen LogP contribution in [0.3, 0.4) is 0 Å². The molecule has 0 fully saturated rings. The Balaban J connectivity index is 1.61. The molecule has 7 nitrogen and oxygen atoms in total. The van der Waals surface area contributed by atoms with Gasteiger partial charge in [-0.1, -0.05) is 30.3 Å². The molecule has 8 heteroatoms. The van der Waals surface area contributed by atoms with Crippen LogP contribution in [-0.4, -0.2) is 42.0 Å². The molecule has 0 atom stereocenters. The van der Waals surface area contributed by atoms with Gasteiger partial charge in [0.05, 0.1) is 25.0 Å². The maximum atomic E-state index is 12.8. The normalized spacial score (nSPS) is 10.6. The van der Waals surface area contributed by atoms with Crippen LogP contribution in [0.4, 0.5) is 5.13 Å². The molecule has 0 radical (unpaired) electrons. The number of furan rings is 1. The molecule has 146 valence electrons. The van der Waals surface area contributed by atoms with Gasteiger partial charge in [0.1, 0.15) is 0 Å². The SMILES string of the molecule is COCCN(Cc1ccccc1)C(=O)Cc1csc(NC(=O)c2ccco2)n1. The van der Waals surface area contributed by atoms with Crippen LogP contribution in [0.25, 0.3) is 0 Å². The average molecular weight is 399 g/mol. The zero-order valence-electron chi connectivity index (χ0n) is 15.5. The second-order valence-electron chi connectivity index (χ2n) is 6.05. The first kappa shape index (κ1) is 19.8. The fraction of sp³-hybridized carbons (Fsp3) is 0.250. The van der Waals surface area contributed by atoms with Crippen LogP contribution in [0.1, 0.15) is 21.8 Å². The summed E-state index contributed by atoms with van der Waals surface area (Å²) in [5.74, 6) is -0.209. The molecule has 3 aromatic rings. The zero-order valence-corrected chi connectivity index (χ0v) is 16.3. The van der Waals surface area contributed by atoms with Crippen molar-refractivity contribution < 1.29 is 18.7 Å². The van der Waals surface area contributed by atoms with Gasteiger partial charge < -0.3 is 14.1 Å². The highest BCUT2D eigenvalue weighted by Crippen LogP contribution is 2.18. The van der Waals surface area contributed by atoms with Crippen molar-refractivity contribution in [1.29, 1.82) is 0 Å². The molecule has 0 aliphatic rings. The van der Waals surface area contributed by atoms with Crippen LogP contribution in [0, 0.1) is 0 Å². The molecule has 2 aromatic heterocycles. The van der Waals surface area contributed by atoms with Gasteiger partial charge in [-0.25, -0.2) is 4.98 Å². The van der Waals surface area contributed by atoms with Crippen LogP contribution in [0.15, 0.2) is 58.5 Å². The molecule has 0 saturated heterocycles. The number of thiazole rings is 1. The molecule has 0 spiro atoms. The minimum absolute atomic E-state index is 0.0462. The smallest absolute Gasteiger partial charge is 0.293 e. The van der Waals surface area contributed by atoms with E-state index < -0.39 is 0 Å². The number of nitrogens with one attached hydrogen (secondary N) is 1. The van der Waals surface area contributed by atoms with E-state index in [-0.39, 0.29) is 24.0 Å². The minimum atomic E-state index is -0.372. The van der Waals surface area contributed by atoms with E-state index in [0.717, 1.165) is 5.56 Å². The van der Waals surface area contributed by atoms with Crippen molar-refractivity contribution in [3.05, 3.63) is 71.1 Å². The van der Waals surface area contributed by atoms with Crippen LogP contribution in [0.5, 0.6) is 0 Å². The van der Waals surface area contributed by atoms with Crippen LogP contribution in [-0.2, 0) is 22.5 Å². The number of carbonyl (C=O) groups is 2.